The molecule has 2 amide bonds. The summed E-state index contributed by atoms with van der Waals surface area (Å²) in [5.41, 5.74) is -0.652. The number of rotatable bonds is 5. The number of likely N-dealkylation sites (N-methyl/N-ethyl adjacent to an activating group) is 1. The van der Waals surface area contributed by atoms with Gasteiger partial charge in [0, 0.05) is 7.05 Å². The number of hydrogen-bond acceptors (Lipinski definition) is 4. The molecular formula is C19H16Cl2N4O4. The summed E-state index contributed by atoms with van der Waals surface area (Å²) in [6.45, 7) is -0.622. The van der Waals surface area contributed by atoms with Crippen LogP contribution in [0.3, 0.4) is 0 Å². The number of hydrogen-bond donors (Lipinski definition) is 2. The molecule has 0 aliphatic carbocycles. The topological polar surface area (TPSA) is 104 Å². The van der Waals surface area contributed by atoms with Crippen LogP contribution in [0.15, 0.2) is 52.1 Å². The normalized spacial score (nSPS) is 10.7. The third-order valence-electron chi connectivity index (χ3n) is 4.23. The maximum atomic E-state index is 12.6. The molecule has 0 radical (unpaired) electrons. The second-order valence-corrected chi connectivity index (χ2v) is 7.07. The Morgan fingerprint density at radius 3 is 2.41 bits per heavy atom. The molecule has 2 aromatic carbocycles. The second-order valence-electron chi connectivity index (χ2n) is 6.26. The summed E-state index contributed by atoms with van der Waals surface area (Å²) in [4.78, 5) is 52.3. The molecule has 0 spiro atoms. The number of aromatic amines is 1. The minimum atomic E-state index is -0.706. The Morgan fingerprint density at radius 1 is 1.07 bits per heavy atom. The molecule has 0 aliphatic heterocycles. The maximum absolute atomic E-state index is 12.6. The summed E-state index contributed by atoms with van der Waals surface area (Å²) in [5, 5.41) is 3.39. The molecule has 3 rings (SSSR count). The quantitative estimate of drug-likeness (QED) is 0.641. The summed E-state index contributed by atoms with van der Waals surface area (Å²) in [7, 11) is 1.43. The van der Waals surface area contributed by atoms with Crippen LogP contribution < -0.4 is 16.6 Å². The predicted octanol–water partition coefficient (Wildman–Crippen LogP) is 2.09. The van der Waals surface area contributed by atoms with Gasteiger partial charge in [0.15, 0.2) is 0 Å². The van der Waals surface area contributed by atoms with Crippen molar-refractivity contribution in [1.29, 1.82) is 0 Å². The monoisotopic (exact) mass is 434 g/mol. The van der Waals surface area contributed by atoms with Gasteiger partial charge in [-0.2, -0.15) is 0 Å². The highest BCUT2D eigenvalue weighted by Gasteiger charge is 2.17. The number of halogens is 2. The molecule has 1 heterocycles. The summed E-state index contributed by atoms with van der Waals surface area (Å²) in [6.07, 6.45) is 0. The number of carbonyl (C=O) groups is 2. The van der Waals surface area contributed by atoms with Crippen LogP contribution in [-0.4, -0.2) is 39.9 Å². The van der Waals surface area contributed by atoms with Gasteiger partial charge in [-0.1, -0.05) is 41.4 Å². The average Bonchev–Trinajstić information content (AvgIpc) is 2.68. The van der Waals surface area contributed by atoms with Gasteiger partial charge in [-0.25, -0.2) is 4.79 Å². The first-order valence-electron chi connectivity index (χ1n) is 8.47. The van der Waals surface area contributed by atoms with Crippen LogP contribution in [0.1, 0.15) is 0 Å². The van der Waals surface area contributed by atoms with E-state index in [9.17, 15) is 19.2 Å². The zero-order chi connectivity index (χ0) is 21.1. The minimum absolute atomic E-state index is 0.254. The first-order chi connectivity index (χ1) is 13.8. The van der Waals surface area contributed by atoms with Crippen molar-refractivity contribution in [2.24, 2.45) is 0 Å². The lowest BCUT2D eigenvalue weighted by Gasteiger charge is -2.18. The van der Waals surface area contributed by atoms with Gasteiger partial charge in [0.2, 0.25) is 11.8 Å². The standard InChI is InChI=1S/C19H16Cl2N4O4/c1-24(9-15(26)22-17-12(20)6-4-7-13(17)21)16(27)10-25-14-8-3-2-5-11(14)18(28)23-19(25)29/h2-8H,9-10H2,1H3,(H,22,26)(H,23,28,29). The Labute approximate surface area is 174 Å². The van der Waals surface area contributed by atoms with E-state index in [1.165, 1.54) is 7.05 Å². The molecule has 150 valence electrons. The molecule has 10 heteroatoms. The number of para-hydroxylation sites is 2. The van der Waals surface area contributed by atoms with E-state index in [-0.39, 0.29) is 34.2 Å². The van der Waals surface area contributed by atoms with Crippen molar-refractivity contribution < 1.29 is 9.59 Å². The first-order valence-corrected chi connectivity index (χ1v) is 9.23. The SMILES string of the molecule is CN(CC(=O)Nc1c(Cl)cccc1Cl)C(=O)Cn1c(=O)[nH]c(=O)c2ccccc21. The van der Waals surface area contributed by atoms with E-state index in [1.54, 1.807) is 42.5 Å². The van der Waals surface area contributed by atoms with Crippen molar-refractivity contribution in [3.63, 3.8) is 0 Å². The molecule has 8 nitrogen and oxygen atoms in total. The molecule has 0 atom stereocenters. The number of nitrogens with one attached hydrogen (secondary N) is 2. The van der Waals surface area contributed by atoms with E-state index in [0.29, 0.717) is 5.52 Å². The van der Waals surface area contributed by atoms with Gasteiger partial charge < -0.3 is 10.2 Å². The predicted molar refractivity (Wildman–Crippen MR) is 112 cm³/mol. The van der Waals surface area contributed by atoms with Crippen molar-refractivity contribution >= 4 is 51.6 Å². The third-order valence-corrected chi connectivity index (χ3v) is 4.86. The zero-order valence-electron chi connectivity index (χ0n) is 15.2. The van der Waals surface area contributed by atoms with Crippen LogP contribution in [0, 0.1) is 0 Å². The number of H-pyrrole nitrogens is 1. The van der Waals surface area contributed by atoms with E-state index < -0.39 is 23.1 Å². The summed E-state index contributed by atoms with van der Waals surface area (Å²) in [6, 6.07) is 11.2. The van der Waals surface area contributed by atoms with Crippen molar-refractivity contribution in [1.82, 2.24) is 14.5 Å². The summed E-state index contributed by atoms with van der Waals surface area (Å²) < 4.78 is 1.15. The molecule has 2 N–H and O–H groups in total. The number of nitrogens with zero attached hydrogens (tertiary/aromatic N) is 2. The molecule has 0 unspecified atom stereocenters. The lowest BCUT2D eigenvalue weighted by molar-refractivity contribution is -0.133. The van der Waals surface area contributed by atoms with Gasteiger partial charge in [0.1, 0.15) is 6.54 Å². The van der Waals surface area contributed by atoms with E-state index in [4.69, 9.17) is 23.2 Å². The smallest absolute Gasteiger partial charge is 0.329 e. The van der Waals surface area contributed by atoms with Crippen LogP contribution in [0.5, 0.6) is 0 Å². The number of fused-ring (bicyclic) bond motifs is 1. The first kappa shape index (κ1) is 20.6. The highest BCUT2D eigenvalue weighted by atomic mass is 35.5. The van der Waals surface area contributed by atoms with Crippen LogP contribution in [-0.2, 0) is 16.1 Å². The molecule has 3 aromatic rings. The summed E-state index contributed by atoms with van der Waals surface area (Å²) >= 11 is 12.0. The molecule has 0 saturated heterocycles. The second kappa shape index (κ2) is 8.50. The van der Waals surface area contributed by atoms with E-state index >= 15 is 0 Å². The minimum Gasteiger partial charge on any atom is -0.335 e. The van der Waals surface area contributed by atoms with Gasteiger partial charge in [-0.3, -0.25) is 23.9 Å². The van der Waals surface area contributed by atoms with Gasteiger partial charge in [0.25, 0.3) is 5.56 Å². The Kier molecular flexibility index (Phi) is 6.05. The molecule has 0 aliphatic rings. The van der Waals surface area contributed by atoms with Crippen molar-refractivity contribution in [3.8, 4) is 0 Å². The van der Waals surface area contributed by atoms with Crippen molar-refractivity contribution in [3.05, 3.63) is 73.3 Å². The fraction of sp³-hybridized carbons (Fsp3) is 0.158. The highest BCUT2D eigenvalue weighted by Crippen LogP contribution is 2.29. The van der Waals surface area contributed by atoms with Crippen LogP contribution in [0.4, 0.5) is 5.69 Å². The fourth-order valence-electron chi connectivity index (χ4n) is 2.76. The number of carbonyl (C=O) groups excluding carboxylic acids is 2. The molecule has 1 aromatic heterocycles. The van der Waals surface area contributed by atoms with E-state index in [0.717, 1.165) is 9.47 Å². The average molecular weight is 435 g/mol. The van der Waals surface area contributed by atoms with E-state index in [2.05, 4.69) is 10.3 Å². The van der Waals surface area contributed by atoms with Crippen molar-refractivity contribution in [2.75, 3.05) is 18.9 Å². The van der Waals surface area contributed by atoms with Gasteiger partial charge >= 0.3 is 5.69 Å². The van der Waals surface area contributed by atoms with Crippen LogP contribution >= 0.6 is 23.2 Å². The lowest BCUT2D eigenvalue weighted by Crippen LogP contribution is -2.40. The Bertz CT molecular complexity index is 1200. The molecule has 0 bridgehead atoms. The maximum Gasteiger partial charge on any atom is 0.329 e. The Hall–Kier alpha value is -3.10. The molecular weight excluding hydrogens is 419 g/mol. The Morgan fingerprint density at radius 2 is 1.72 bits per heavy atom. The molecule has 0 fully saturated rings. The zero-order valence-corrected chi connectivity index (χ0v) is 16.8. The number of amides is 2. The van der Waals surface area contributed by atoms with Crippen molar-refractivity contribution in [2.45, 2.75) is 6.54 Å². The lowest BCUT2D eigenvalue weighted by atomic mass is 10.2. The molecule has 0 saturated carbocycles. The Balaban J connectivity index is 1.75. The van der Waals surface area contributed by atoms with Gasteiger partial charge in [-0.15, -0.1) is 0 Å². The number of benzene rings is 2. The largest absolute Gasteiger partial charge is 0.335 e. The highest BCUT2D eigenvalue weighted by molar-refractivity contribution is 6.39. The van der Waals surface area contributed by atoms with E-state index in [1.807, 2.05) is 0 Å². The number of anilines is 1. The fourth-order valence-corrected chi connectivity index (χ4v) is 3.25. The van der Waals surface area contributed by atoms with Gasteiger partial charge in [-0.05, 0) is 24.3 Å². The third kappa shape index (κ3) is 4.49. The van der Waals surface area contributed by atoms with Crippen LogP contribution in [0.2, 0.25) is 10.0 Å². The molecule has 29 heavy (non-hydrogen) atoms. The van der Waals surface area contributed by atoms with Crippen LogP contribution in [0.25, 0.3) is 10.9 Å². The summed E-state index contributed by atoms with van der Waals surface area (Å²) in [5.74, 6) is -1.00. The number of aromatic nitrogens is 2. The van der Waals surface area contributed by atoms with Gasteiger partial charge in [0.05, 0.1) is 33.2 Å².